The summed E-state index contributed by atoms with van der Waals surface area (Å²) in [6.07, 6.45) is 0. The van der Waals surface area contributed by atoms with E-state index in [0.29, 0.717) is 39.8 Å². The van der Waals surface area contributed by atoms with Gasteiger partial charge in [-0.3, -0.25) is 19.5 Å². The SMILES string of the molecule is CC1(C)C(=O)N(CN2CCOCC2)C(=O)N1CN1CCOCC1. The van der Waals surface area contributed by atoms with Crippen LogP contribution >= 0.6 is 0 Å². The molecule has 0 aromatic heterocycles. The number of rotatable bonds is 4. The number of hydrogen-bond donors (Lipinski definition) is 0. The van der Waals surface area contributed by atoms with Gasteiger partial charge in [0.2, 0.25) is 0 Å². The summed E-state index contributed by atoms with van der Waals surface area (Å²) in [5.74, 6) is -0.123. The van der Waals surface area contributed by atoms with Crippen LogP contribution in [0.15, 0.2) is 0 Å². The molecule has 3 saturated heterocycles. The highest BCUT2D eigenvalue weighted by Crippen LogP contribution is 2.28. The molecule has 3 aliphatic heterocycles. The van der Waals surface area contributed by atoms with Gasteiger partial charge in [-0.15, -0.1) is 0 Å². The minimum absolute atomic E-state index is 0.123. The Hall–Kier alpha value is -1.22. The maximum Gasteiger partial charge on any atom is 0.329 e. The van der Waals surface area contributed by atoms with E-state index < -0.39 is 5.54 Å². The van der Waals surface area contributed by atoms with Crippen molar-refractivity contribution in [2.24, 2.45) is 0 Å². The molecular formula is C15H26N4O4. The first-order valence-corrected chi connectivity index (χ1v) is 8.24. The van der Waals surface area contributed by atoms with Crippen LogP contribution in [0.3, 0.4) is 0 Å². The van der Waals surface area contributed by atoms with E-state index in [1.807, 2.05) is 13.8 Å². The minimum Gasteiger partial charge on any atom is -0.379 e. The maximum atomic E-state index is 12.8. The number of morpholine rings is 2. The van der Waals surface area contributed by atoms with Gasteiger partial charge < -0.3 is 9.47 Å². The van der Waals surface area contributed by atoms with Gasteiger partial charge in [-0.25, -0.2) is 9.69 Å². The van der Waals surface area contributed by atoms with E-state index in [2.05, 4.69) is 9.80 Å². The summed E-state index contributed by atoms with van der Waals surface area (Å²) in [5.41, 5.74) is -0.804. The summed E-state index contributed by atoms with van der Waals surface area (Å²) in [5, 5.41) is 0. The van der Waals surface area contributed by atoms with E-state index >= 15 is 0 Å². The third-order valence-corrected chi connectivity index (χ3v) is 4.80. The molecule has 0 atom stereocenters. The van der Waals surface area contributed by atoms with Gasteiger partial charge in [-0.1, -0.05) is 0 Å². The van der Waals surface area contributed by atoms with E-state index in [4.69, 9.17) is 9.47 Å². The second kappa shape index (κ2) is 6.72. The van der Waals surface area contributed by atoms with E-state index in [1.165, 1.54) is 4.90 Å². The second-order valence-electron chi connectivity index (χ2n) is 6.75. The van der Waals surface area contributed by atoms with Crippen LogP contribution in [0, 0.1) is 0 Å². The fraction of sp³-hybridized carbons (Fsp3) is 0.867. The third-order valence-electron chi connectivity index (χ3n) is 4.80. The van der Waals surface area contributed by atoms with Crippen molar-refractivity contribution >= 4 is 11.9 Å². The van der Waals surface area contributed by atoms with Gasteiger partial charge in [0.1, 0.15) is 5.54 Å². The second-order valence-corrected chi connectivity index (χ2v) is 6.75. The Kier molecular flexibility index (Phi) is 4.86. The largest absolute Gasteiger partial charge is 0.379 e. The third kappa shape index (κ3) is 3.35. The highest BCUT2D eigenvalue weighted by atomic mass is 16.5. The van der Waals surface area contributed by atoms with Crippen LogP contribution in [0.25, 0.3) is 0 Å². The predicted octanol–water partition coefficient (Wildman–Crippen LogP) is -0.391. The summed E-state index contributed by atoms with van der Waals surface area (Å²) < 4.78 is 10.7. The first-order chi connectivity index (χ1) is 11.0. The van der Waals surface area contributed by atoms with Crippen LogP contribution < -0.4 is 0 Å². The summed E-state index contributed by atoms with van der Waals surface area (Å²) in [4.78, 5) is 32.8. The molecule has 0 unspecified atom stereocenters. The summed E-state index contributed by atoms with van der Waals surface area (Å²) in [6.45, 7) is 10.2. The van der Waals surface area contributed by atoms with E-state index in [1.54, 1.807) is 4.90 Å². The Bertz CT molecular complexity index is 458. The Balaban J connectivity index is 1.67. The summed E-state index contributed by atoms with van der Waals surface area (Å²) in [7, 11) is 0. The number of hydrogen-bond acceptors (Lipinski definition) is 6. The first-order valence-electron chi connectivity index (χ1n) is 8.24. The molecule has 3 fully saturated rings. The van der Waals surface area contributed by atoms with Crippen LogP contribution in [0.4, 0.5) is 4.79 Å². The number of amides is 3. The average molecular weight is 326 g/mol. The Morgan fingerprint density at radius 2 is 1.35 bits per heavy atom. The molecule has 0 saturated carbocycles. The number of carbonyl (C=O) groups excluding carboxylic acids is 2. The molecule has 23 heavy (non-hydrogen) atoms. The number of urea groups is 1. The lowest BCUT2D eigenvalue weighted by atomic mass is 10.0. The lowest BCUT2D eigenvalue weighted by Gasteiger charge is -2.35. The number of ether oxygens (including phenoxy) is 2. The zero-order chi connectivity index (χ0) is 16.4. The molecule has 3 aliphatic rings. The molecule has 130 valence electrons. The standard InChI is InChI=1S/C15H26N4O4/c1-15(2)13(20)18(11-16-3-7-22-8-4-16)14(21)19(15)12-17-5-9-23-10-6-17/h3-12H2,1-2H3. The quantitative estimate of drug-likeness (QED) is 0.656. The van der Waals surface area contributed by atoms with E-state index in [-0.39, 0.29) is 11.9 Å². The van der Waals surface area contributed by atoms with Crippen molar-refractivity contribution in [1.29, 1.82) is 0 Å². The van der Waals surface area contributed by atoms with Crippen molar-refractivity contribution in [2.75, 3.05) is 65.9 Å². The number of carbonyl (C=O) groups is 2. The fourth-order valence-electron chi connectivity index (χ4n) is 3.16. The molecule has 0 aromatic carbocycles. The molecule has 0 spiro atoms. The van der Waals surface area contributed by atoms with Crippen molar-refractivity contribution in [3.8, 4) is 0 Å². The first kappa shape index (κ1) is 16.6. The Morgan fingerprint density at radius 1 is 0.870 bits per heavy atom. The topological polar surface area (TPSA) is 65.6 Å². The van der Waals surface area contributed by atoms with Gasteiger partial charge in [0.05, 0.1) is 39.8 Å². The molecule has 0 aliphatic carbocycles. The van der Waals surface area contributed by atoms with Gasteiger partial charge >= 0.3 is 6.03 Å². The van der Waals surface area contributed by atoms with Crippen LogP contribution in [0.2, 0.25) is 0 Å². The fourth-order valence-corrected chi connectivity index (χ4v) is 3.16. The molecule has 3 amide bonds. The highest BCUT2D eigenvalue weighted by Gasteiger charge is 2.51. The van der Waals surface area contributed by atoms with Crippen molar-refractivity contribution in [2.45, 2.75) is 19.4 Å². The van der Waals surface area contributed by atoms with Crippen LogP contribution in [-0.2, 0) is 14.3 Å². The van der Waals surface area contributed by atoms with Crippen molar-refractivity contribution < 1.29 is 19.1 Å². The van der Waals surface area contributed by atoms with Crippen LogP contribution in [0.5, 0.6) is 0 Å². The average Bonchev–Trinajstić information content (AvgIpc) is 2.72. The van der Waals surface area contributed by atoms with Gasteiger partial charge in [0.25, 0.3) is 5.91 Å². The zero-order valence-electron chi connectivity index (χ0n) is 14.0. The Morgan fingerprint density at radius 3 is 1.87 bits per heavy atom. The lowest BCUT2D eigenvalue weighted by molar-refractivity contribution is -0.134. The van der Waals surface area contributed by atoms with Gasteiger partial charge in [-0.2, -0.15) is 0 Å². The summed E-state index contributed by atoms with van der Waals surface area (Å²) in [6, 6.07) is -0.196. The molecule has 0 N–H and O–H groups in total. The molecule has 3 rings (SSSR count). The number of nitrogens with zero attached hydrogens (tertiary/aromatic N) is 4. The van der Waals surface area contributed by atoms with Crippen LogP contribution in [-0.4, -0.2) is 103 Å². The van der Waals surface area contributed by atoms with E-state index in [0.717, 1.165) is 26.2 Å². The molecule has 0 bridgehead atoms. The van der Waals surface area contributed by atoms with Crippen molar-refractivity contribution in [3.05, 3.63) is 0 Å². The minimum atomic E-state index is -0.804. The van der Waals surface area contributed by atoms with Gasteiger partial charge in [0, 0.05) is 26.2 Å². The smallest absolute Gasteiger partial charge is 0.329 e. The normalized spacial score (nSPS) is 27.0. The van der Waals surface area contributed by atoms with Gasteiger partial charge in [0.15, 0.2) is 0 Å². The maximum absolute atomic E-state index is 12.8. The van der Waals surface area contributed by atoms with Crippen LogP contribution in [0.1, 0.15) is 13.8 Å². The molecule has 0 aromatic rings. The molecule has 8 nitrogen and oxygen atoms in total. The summed E-state index contributed by atoms with van der Waals surface area (Å²) >= 11 is 0. The molecule has 0 radical (unpaired) electrons. The Labute approximate surface area is 136 Å². The molecule has 8 heteroatoms. The monoisotopic (exact) mass is 326 g/mol. The van der Waals surface area contributed by atoms with Crippen molar-refractivity contribution in [3.63, 3.8) is 0 Å². The van der Waals surface area contributed by atoms with Crippen molar-refractivity contribution in [1.82, 2.24) is 19.6 Å². The molecule has 3 heterocycles. The molecular weight excluding hydrogens is 300 g/mol. The predicted molar refractivity (Wildman–Crippen MR) is 82.7 cm³/mol. The zero-order valence-corrected chi connectivity index (χ0v) is 14.0. The number of imide groups is 1. The van der Waals surface area contributed by atoms with E-state index in [9.17, 15) is 9.59 Å². The highest BCUT2D eigenvalue weighted by molar-refractivity contribution is 6.06. The van der Waals surface area contributed by atoms with Gasteiger partial charge in [-0.05, 0) is 13.8 Å². The lowest BCUT2D eigenvalue weighted by Crippen LogP contribution is -2.51.